The van der Waals surface area contributed by atoms with Crippen molar-refractivity contribution < 1.29 is 9.59 Å². The Kier molecular flexibility index (Phi) is 9.07. The summed E-state index contributed by atoms with van der Waals surface area (Å²) < 4.78 is 0. The van der Waals surface area contributed by atoms with Crippen LogP contribution in [0.1, 0.15) is 0 Å². The number of halogens is 1. The highest BCUT2D eigenvalue weighted by atomic mass is 35.5. The number of hydrogen-bond acceptors (Lipinski definition) is 5. The molecular formula is C34H24ClN5O2. The van der Waals surface area contributed by atoms with Gasteiger partial charge in [-0.1, -0.05) is 103 Å². The second-order valence-electron chi connectivity index (χ2n) is 8.99. The number of anilines is 2. The third-order valence-corrected chi connectivity index (χ3v) is 6.47. The Hall–Kier alpha value is -5.62. The number of benzene rings is 5. The van der Waals surface area contributed by atoms with E-state index >= 15 is 0 Å². The van der Waals surface area contributed by atoms with Gasteiger partial charge in [-0.15, -0.1) is 10.2 Å². The average Bonchev–Trinajstić information content (AvgIpc) is 3.03. The van der Waals surface area contributed by atoms with E-state index in [9.17, 15) is 9.59 Å². The number of rotatable bonds is 5. The number of carbonyl (C=O) groups excluding carboxylic acids is 2. The quantitative estimate of drug-likeness (QED) is 0.160. The van der Waals surface area contributed by atoms with E-state index in [0.29, 0.717) is 21.9 Å². The zero-order valence-electron chi connectivity index (χ0n) is 22.2. The summed E-state index contributed by atoms with van der Waals surface area (Å²) in [5.41, 5.74) is 6.15. The van der Waals surface area contributed by atoms with Crippen molar-refractivity contribution in [3.63, 3.8) is 0 Å². The fourth-order valence-electron chi connectivity index (χ4n) is 4.31. The number of nitrogens with zero attached hydrogens (tertiary/aromatic N) is 3. The minimum absolute atomic E-state index is 0.317. The Morgan fingerprint density at radius 3 is 1.98 bits per heavy atom. The number of hydrogen-bond donors (Lipinski definition) is 2. The van der Waals surface area contributed by atoms with E-state index in [0.717, 1.165) is 33.5 Å². The number of aromatic nitrogens is 2. The second-order valence-corrected chi connectivity index (χ2v) is 9.40. The molecular weight excluding hydrogens is 546 g/mol. The van der Waals surface area contributed by atoms with Crippen LogP contribution in [0.25, 0.3) is 33.3 Å². The molecule has 0 saturated carbocycles. The maximum atomic E-state index is 12.5. The van der Waals surface area contributed by atoms with Crippen LogP contribution in [0.2, 0.25) is 5.02 Å². The van der Waals surface area contributed by atoms with Gasteiger partial charge in [0.1, 0.15) is 11.2 Å². The van der Waals surface area contributed by atoms with E-state index in [1.165, 1.54) is 6.08 Å². The minimum Gasteiger partial charge on any atom is -0.308 e. The Bertz CT molecular complexity index is 1860. The molecule has 0 radical (unpaired) electrons. The Morgan fingerprint density at radius 1 is 0.667 bits per heavy atom. The predicted octanol–water partition coefficient (Wildman–Crippen LogP) is 8.92. The zero-order chi connectivity index (χ0) is 29.1. The summed E-state index contributed by atoms with van der Waals surface area (Å²) >= 11 is 6.42. The SMILES string of the molecule is O=C(Nc1ccccc1)Nc1cccc(-c2c(-c3ccccc3)nnc3c(Cl)cccc23)c1.O=C=Nc1ccccc1. The normalized spacial score (nSPS) is 10.1. The van der Waals surface area contributed by atoms with Gasteiger partial charge in [0.25, 0.3) is 0 Å². The molecule has 0 spiro atoms. The number of nitrogens with one attached hydrogen (secondary N) is 2. The van der Waals surface area contributed by atoms with Crippen LogP contribution in [0.4, 0.5) is 21.9 Å². The van der Waals surface area contributed by atoms with Gasteiger partial charge in [-0.25, -0.2) is 9.59 Å². The first kappa shape index (κ1) is 27.9. The lowest BCUT2D eigenvalue weighted by Gasteiger charge is -2.14. The summed E-state index contributed by atoms with van der Waals surface area (Å²) in [6.07, 6.45) is 1.46. The van der Waals surface area contributed by atoms with Crippen molar-refractivity contribution in [2.24, 2.45) is 4.99 Å². The van der Waals surface area contributed by atoms with Crippen molar-refractivity contribution in [1.29, 1.82) is 0 Å². The summed E-state index contributed by atoms with van der Waals surface area (Å²) in [6, 6.07) is 41.2. The zero-order valence-corrected chi connectivity index (χ0v) is 23.0. The van der Waals surface area contributed by atoms with E-state index in [1.807, 2.05) is 115 Å². The standard InChI is InChI=1S/C27H19ClN4O.C7H5NO/c28-23-16-8-15-22-24(25(31-32-26(22)23)18-9-3-1-4-10-18)19-11-7-14-21(17-19)30-27(33)29-20-12-5-2-6-13-20;9-6-8-7-4-2-1-3-5-7/h1-17H,(H2,29,30,33);1-5H. The van der Waals surface area contributed by atoms with Gasteiger partial charge < -0.3 is 10.6 Å². The van der Waals surface area contributed by atoms with Gasteiger partial charge in [-0.3, -0.25) is 0 Å². The molecule has 2 N–H and O–H groups in total. The second kappa shape index (κ2) is 13.6. The average molecular weight is 570 g/mol. The number of carbonyl (C=O) groups is 1. The van der Waals surface area contributed by atoms with Crippen molar-refractivity contribution >= 4 is 51.7 Å². The lowest BCUT2D eigenvalue weighted by atomic mass is 9.95. The number of amides is 2. The van der Waals surface area contributed by atoms with E-state index in [2.05, 4.69) is 25.8 Å². The first-order chi connectivity index (χ1) is 20.6. The molecule has 0 unspecified atom stereocenters. The maximum absolute atomic E-state index is 12.5. The smallest absolute Gasteiger partial charge is 0.308 e. The topological polar surface area (TPSA) is 96.3 Å². The van der Waals surface area contributed by atoms with Gasteiger partial charge in [-0.2, -0.15) is 4.99 Å². The molecule has 1 aromatic heterocycles. The molecule has 0 aliphatic carbocycles. The summed E-state index contributed by atoms with van der Waals surface area (Å²) in [5, 5.41) is 16.1. The lowest BCUT2D eigenvalue weighted by Crippen LogP contribution is -2.19. The van der Waals surface area contributed by atoms with Gasteiger partial charge in [0.15, 0.2) is 0 Å². The molecule has 0 saturated heterocycles. The van der Waals surface area contributed by atoms with Gasteiger partial charge in [0.2, 0.25) is 6.08 Å². The van der Waals surface area contributed by atoms with Crippen LogP contribution in [0.5, 0.6) is 0 Å². The number of fused-ring (bicyclic) bond motifs is 1. The fourth-order valence-corrected chi connectivity index (χ4v) is 4.52. The Labute approximate surface area is 247 Å². The molecule has 5 aromatic carbocycles. The molecule has 6 rings (SSSR count). The van der Waals surface area contributed by atoms with E-state index in [-0.39, 0.29) is 6.03 Å². The van der Waals surface area contributed by atoms with Crippen LogP contribution in [0.15, 0.2) is 138 Å². The van der Waals surface area contributed by atoms with Gasteiger partial charge >= 0.3 is 6.03 Å². The first-order valence-corrected chi connectivity index (χ1v) is 13.4. The molecule has 42 heavy (non-hydrogen) atoms. The molecule has 204 valence electrons. The van der Waals surface area contributed by atoms with Crippen molar-refractivity contribution in [1.82, 2.24) is 10.2 Å². The molecule has 7 nitrogen and oxygen atoms in total. The first-order valence-electron chi connectivity index (χ1n) is 13.0. The molecule has 0 aliphatic heterocycles. The third-order valence-electron chi connectivity index (χ3n) is 6.16. The molecule has 0 fully saturated rings. The van der Waals surface area contributed by atoms with Crippen LogP contribution in [-0.4, -0.2) is 22.3 Å². The summed E-state index contributed by atoms with van der Waals surface area (Å²) in [5.74, 6) is 0. The van der Waals surface area contributed by atoms with E-state index in [4.69, 9.17) is 11.6 Å². The van der Waals surface area contributed by atoms with Crippen LogP contribution < -0.4 is 10.6 Å². The highest BCUT2D eigenvalue weighted by Crippen LogP contribution is 2.38. The summed E-state index contributed by atoms with van der Waals surface area (Å²) in [4.78, 5) is 25.6. The fraction of sp³-hybridized carbons (Fsp3) is 0. The van der Waals surface area contributed by atoms with Crippen molar-refractivity contribution in [3.8, 4) is 22.4 Å². The molecule has 8 heteroatoms. The van der Waals surface area contributed by atoms with Crippen molar-refractivity contribution in [2.75, 3.05) is 10.6 Å². The van der Waals surface area contributed by atoms with E-state index in [1.54, 1.807) is 18.2 Å². The monoisotopic (exact) mass is 569 g/mol. The van der Waals surface area contributed by atoms with Crippen LogP contribution in [-0.2, 0) is 4.79 Å². The number of isocyanates is 1. The maximum Gasteiger partial charge on any atom is 0.323 e. The number of para-hydroxylation sites is 2. The lowest BCUT2D eigenvalue weighted by molar-refractivity contribution is 0.262. The molecule has 0 atom stereocenters. The predicted molar refractivity (Wildman–Crippen MR) is 169 cm³/mol. The largest absolute Gasteiger partial charge is 0.323 e. The van der Waals surface area contributed by atoms with Gasteiger partial charge in [-0.05, 0) is 48.0 Å². The number of urea groups is 1. The van der Waals surface area contributed by atoms with Crippen molar-refractivity contribution in [2.45, 2.75) is 0 Å². The molecule has 2 amide bonds. The van der Waals surface area contributed by atoms with Crippen LogP contribution >= 0.6 is 11.6 Å². The molecule has 6 aromatic rings. The van der Waals surface area contributed by atoms with Crippen molar-refractivity contribution in [3.05, 3.63) is 138 Å². The van der Waals surface area contributed by atoms with Crippen LogP contribution in [0.3, 0.4) is 0 Å². The molecule has 1 heterocycles. The molecule has 0 aliphatic rings. The van der Waals surface area contributed by atoms with Gasteiger partial charge in [0, 0.05) is 27.9 Å². The minimum atomic E-state index is -0.317. The Balaban J connectivity index is 0.000000336. The summed E-state index contributed by atoms with van der Waals surface area (Å²) in [6.45, 7) is 0. The third kappa shape index (κ3) is 6.92. The Morgan fingerprint density at radius 2 is 1.26 bits per heavy atom. The highest BCUT2D eigenvalue weighted by Gasteiger charge is 2.16. The number of aliphatic imine (C=N–C) groups is 1. The van der Waals surface area contributed by atoms with Gasteiger partial charge in [0.05, 0.1) is 10.7 Å². The highest BCUT2D eigenvalue weighted by molar-refractivity contribution is 6.35. The van der Waals surface area contributed by atoms with Crippen LogP contribution in [0, 0.1) is 0 Å². The van der Waals surface area contributed by atoms with E-state index < -0.39 is 0 Å². The summed E-state index contributed by atoms with van der Waals surface area (Å²) in [7, 11) is 0. The molecule has 0 bridgehead atoms.